The Morgan fingerprint density at radius 2 is 1.48 bits per heavy atom. The number of fused-ring (bicyclic) bond motifs is 1. The van der Waals surface area contributed by atoms with Crippen LogP contribution in [0.1, 0.15) is 11.5 Å². The van der Waals surface area contributed by atoms with Gasteiger partial charge in [-0.3, -0.25) is 4.79 Å². The zero-order chi connectivity index (χ0) is 23.3. The smallest absolute Gasteiger partial charge is 0.361 e. The van der Waals surface area contributed by atoms with Crippen molar-refractivity contribution in [1.29, 1.82) is 0 Å². The SMILES string of the molecule is Cc1cc(Cn2c(=O)c(-c3ccc(Cl)cc3)c(-c3ccc(Cl)cc3)c3nn(C)c(=O)n32)no1. The Morgan fingerprint density at radius 1 is 0.909 bits per heavy atom. The summed E-state index contributed by atoms with van der Waals surface area (Å²) in [5, 5.41) is 9.55. The molecule has 0 fully saturated rings. The average Bonchev–Trinajstić information content (AvgIpc) is 3.33. The normalized spacial score (nSPS) is 11.4. The van der Waals surface area contributed by atoms with E-state index >= 15 is 0 Å². The van der Waals surface area contributed by atoms with Gasteiger partial charge in [0.2, 0.25) is 0 Å². The van der Waals surface area contributed by atoms with Crippen molar-refractivity contribution in [1.82, 2.24) is 24.1 Å². The van der Waals surface area contributed by atoms with Crippen molar-refractivity contribution >= 4 is 28.8 Å². The van der Waals surface area contributed by atoms with E-state index in [1.165, 1.54) is 20.9 Å². The van der Waals surface area contributed by atoms with Crippen LogP contribution in [0.15, 0.2) is 68.7 Å². The molecule has 2 aromatic carbocycles. The molecule has 0 amide bonds. The third-order valence-corrected chi connectivity index (χ3v) is 5.82. The van der Waals surface area contributed by atoms with E-state index in [0.29, 0.717) is 49.4 Å². The van der Waals surface area contributed by atoms with Gasteiger partial charge < -0.3 is 4.52 Å². The predicted octanol–water partition coefficient (Wildman–Crippen LogP) is 4.18. The van der Waals surface area contributed by atoms with E-state index in [1.807, 2.05) is 0 Å². The Labute approximate surface area is 197 Å². The molecule has 0 aliphatic heterocycles. The summed E-state index contributed by atoms with van der Waals surface area (Å²) in [6.07, 6.45) is 0. The molecule has 0 radical (unpaired) electrons. The molecule has 166 valence electrons. The number of hydrogen-bond donors (Lipinski definition) is 0. The van der Waals surface area contributed by atoms with E-state index in [0.717, 1.165) is 0 Å². The van der Waals surface area contributed by atoms with Crippen molar-refractivity contribution in [3.05, 3.63) is 96.9 Å². The Balaban J connectivity index is 1.92. The van der Waals surface area contributed by atoms with Crippen LogP contribution in [0.3, 0.4) is 0 Å². The van der Waals surface area contributed by atoms with Gasteiger partial charge in [-0.25, -0.2) is 14.2 Å². The summed E-state index contributed by atoms with van der Waals surface area (Å²) in [6, 6.07) is 15.7. The van der Waals surface area contributed by atoms with E-state index in [9.17, 15) is 9.59 Å². The maximum atomic E-state index is 14.0. The minimum Gasteiger partial charge on any atom is -0.361 e. The molecule has 0 saturated carbocycles. The van der Waals surface area contributed by atoms with Gasteiger partial charge >= 0.3 is 5.69 Å². The first-order chi connectivity index (χ1) is 15.8. The average molecular weight is 482 g/mol. The van der Waals surface area contributed by atoms with Gasteiger partial charge in [-0.1, -0.05) is 52.6 Å². The zero-order valence-corrected chi connectivity index (χ0v) is 19.1. The highest BCUT2D eigenvalue weighted by Gasteiger charge is 2.24. The molecule has 33 heavy (non-hydrogen) atoms. The van der Waals surface area contributed by atoms with Crippen molar-refractivity contribution in [2.24, 2.45) is 7.05 Å². The lowest BCUT2D eigenvalue weighted by molar-refractivity contribution is 0.386. The monoisotopic (exact) mass is 481 g/mol. The van der Waals surface area contributed by atoms with Crippen molar-refractivity contribution < 1.29 is 4.52 Å². The summed E-state index contributed by atoms with van der Waals surface area (Å²) in [7, 11) is 1.54. The number of aromatic nitrogens is 5. The molecular formula is C23H17Cl2N5O3. The molecule has 0 spiro atoms. The molecule has 0 unspecified atom stereocenters. The molecule has 5 rings (SSSR count). The summed E-state index contributed by atoms with van der Waals surface area (Å²) in [5.74, 6) is 0.600. The number of benzene rings is 2. The minimum absolute atomic E-state index is 0.0275. The van der Waals surface area contributed by atoms with E-state index in [4.69, 9.17) is 27.7 Å². The summed E-state index contributed by atoms with van der Waals surface area (Å²) in [6.45, 7) is 1.79. The fourth-order valence-corrected chi connectivity index (χ4v) is 4.08. The number of rotatable bonds is 4. The maximum absolute atomic E-state index is 14.0. The third kappa shape index (κ3) is 3.67. The second-order valence-electron chi connectivity index (χ2n) is 7.60. The number of nitrogens with zero attached hydrogens (tertiary/aromatic N) is 5. The fraction of sp³-hybridized carbons (Fsp3) is 0.130. The largest absolute Gasteiger partial charge is 0.365 e. The van der Waals surface area contributed by atoms with Crippen LogP contribution in [-0.4, -0.2) is 24.1 Å². The highest BCUT2D eigenvalue weighted by atomic mass is 35.5. The highest BCUT2D eigenvalue weighted by molar-refractivity contribution is 6.31. The topological polar surface area (TPSA) is 87.3 Å². The van der Waals surface area contributed by atoms with Crippen molar-refractivity contribution in [2.45, 2.75) is 13.5 Å². The molecule has 0 aliphatic carbocycles. The second-order valence-corrected chi connectivity index (χ2v) is 8.47. The molecular weight excluding hydrogens is 465 g/mol. The van der Waals surface area contributed by atoms with Gasteiger partial charge in [-0.15, -0.1) is 5.10 Å². The van der Waals surface area contributed by atoms with Crippen LogP contribution in [0, 0.1) is 6.92 Å². The molecule has 8 nitrogen and oxygen atoms in total. The molecule has 0 atom stereocenters. The standard InChI is InChI=1S/C23H17Cl2N5O3/c1-13-11-18(27-33-13)12-29-22(31)20(15-5-9-17(25)10-6-15)19(14-3-7-16(24)8-4-14)21-26-28(2)23(32)30(21)29/h3-11H,12H2,1-2H3. The fourth-order valence-electron chi connectivity index (χ4n) is 3.83. The molecule has 5 aromatic rings. The Kier molecular flexibility index (Phi) is 5.19. The third-order valence-electron chi connectivity index (χ3n) is 5.32. The minimum atomic E-state index is -0.458. The highest BCUT2D eigenvalue weighted by Crippen LogP contribution is 2.33. The van der Waals surface area contributed by atoms with Crippen LogP contribution in [0.4, 0.5) is 0 Å². The Morgan fingerprint density at radius 3 is 2.03 bits per heavy atom. The van der Waals surface area contributed by atoms with Crippen molar-refractivity contribution in [3.8, 4) is 22.3 Å². The summed E-state index contributed by atoms with van der Waals surface area (Å²) < 4.78 is 8.95. The van der Waals surface area contributed by atoms with Gasteiger partial charge in [0.1, 0.15) is 11.5 Å². The molecule has 3 aromatic heterocycles. The summed E-state index contributed by atoms with van der Waals surface area (Å²) >= 11 is 12.2. The number of hydrogen-bond acceptors (Lipinski definition) is 5. The summed E-state index contributed by atoms with van der Waals surface area (Å²) in [5.41, 5.74) is 2.23. The van der Waals surface area contributed by atoms with E-state index in [1.54, 1.807) is 61.5 Å². The van der Waals surface area contributed by atoms with Gasteiger partial charge in [-0.2, -0.15) is 4.52 Å². The van der Waals surface area contributed by atoms with Crippen LogP contribution in [0.5, 0.6) is 0 Å². The van der Waals surface area contributed by atoms with Crippen LogP contribution in [-0.2, 0) is 13.6 Å². The molecule has 3 heterocycles. The molecule has 0 aliphatic rings. The lowest BCUT2D eigenvalue weighted by atomic mass is 9.96. The first kappa shape index (κ1) is 21.2. The van der Waals surface area contributed by atoms with Gasteiger partial charge in [0.15, 0.2) is 5.65 Å². The number of halogens is 2. The van der Waals surface area contributed by atoms with Crippen molar-refractivity contribution in [2.75, 3.05) is 0 Å². The van der Waals surface area contributed by atoms with Crippen molar-refractivity contribution in [3.63, 3.8) is 0 Å². The van der Waals surface area contributed by atoms with Gasteiger partial charge in [0.05, 0.1) is 12.1 Å². The van der Waals surface area contributed by atoms with Crippen LogP contribution < -0.4 is 11.2 Å². The lowest BCUT2D eigenvalue weighted by Gasteiger charge is -2.15. The van der Waals surface area contributed by atoms with Gasteiger partial charge in [0.25, 0.3) is 5.56 Å². The van der Waals surface area contributed by atoms with Crippen LogP contribution in [0.2, 0.25) is 10.0 Å². The first-order valence-corrected chi connectivity index (χ1v) is 10.8. The van der Waals surface area contributed by atoms with E-state index < -0.39 is 5.69 Å². The van der Waals surface area contributed by atoms with Gasteiger partial charge in [0, 0.05) is 28.7 Å². The maximum Gasteiger partial charge on any atom is 0.365 e. The zero-order valence-electron chi connectivity index (χ0n) is 17.6. The first-order valence-electron chi connectivity index (χ1n) is 10.0. The Bertz CT molecular complexity index is 1610. The van der Waals surface area contributed by atoms with E-state index in [2.05, 4.69) is 10.3 Å². The van der Waals surface area contributed by atoms with E-state index in [-0.39, 0.29) is 12.1 Å². The predicted molar refractivity (Wildman–Crippen MR) is 126 cm³/mol. The lowest BCUT2D eigenvalue weighted by Crippen LogP contribution is -2.35. The molecule has 0 saturated heterocycles. The number of aryl methyl sites for hydroxylation is 2. The van der Waals surface area contributed by atoms with Crippen LogP contribution in [0.25, 0.3) is 27.9 Å². The molecule has 0 bridgehead atoms. The summed E-state index contributed by atoms with van der Waals surface area (Å²) in [4.78, 5) is 27.0. The molecule has 10 heteroatoms. The van der Waals surface area contributed by atoms with Crippen LogP contribution >= 0.6 is 23.2 Å². The molecule has 0 N–H and O–H groups in total. The van der Waals surface area contributed by atoms with Gasteiger partial charge in [-0.05, 0) is 42.3 Å². The quantitative estimate of drug-likeness (QED) is 0.384. The Hall–Kier alpha value is -3.62. The second kappa shape index (κ2) is 8.06.